The van der Waals surface area contributed by atoms with Crippen LogP contribution in [0.25, 0.3) is 0 Å². The molecule has 0 radical (unpaired) electrons. The van der Waals surface area contributed by atoms with Gasteiger partial charge in [-0.15, -0.1) is 0 Å². The molecule has 21 heavy (non-hydrogen) atoms. The van der Waals surface area contributed by atoms with Gasteiger partial charge in [0.2, 0.25) is 0 Å². The van der Waals surface area contributed by atoms with Crippen LogP contribution in [0, 0.1) is 0 Å². The SMILES string of the molecule is FC(F)(F)c1ccc(CNCc2cc(Br)ccc2Cl)cc1. The van der Waals surface area contributed by atoms with Crippen LogP contribution in [0.3, 0.4) is 0 Å². The third-order valence-electron chi connectivity index (χ3n) is 2.93. The Hall–Kier alpha value is -1.04. The number of nitrogens with one attached hydrogen (secondary N) is 1. The van der Waals surface area contributed by atoms with Crippen molar-refractivity contribution in [1.29, 1.82) is 0 Å². The second-order valence-electron chi connectivity index (χ2n) is 4.53. The van der Waals surface area contributed by atoms with Crippen molar-refractivity contribution in [2.75, 3.05) is 0 Å². The van der Waals surface area contributed by atoms with E-state index in [2.05, 4.69) is 21.2 Å². The van der Waals surface area contributed by atoms with E-state index in [0.29, 0.717) is 18.1 Å². The Bertz CT molecular complexity index is 611. The summed E-state index contributed by atoms with van der Waals surface area (Å²) in [6, 6.07) is 10.7. The van der Waals surface area contributed by atoms with E-state index in [-0.39, 0.29) is 0 Å². The van der Waals surface area contributed by atoms with Crippen LogP contribution in [0.4, 0.5) is 13.2 Å². The Morgan fingerprint density at radius 1 is 1.00 bits per heavy atom. The predicted octanol–water partition coefficient (Wildman–Crippen LogP) is 5.41. The Balaban J connectivity index is 1.93. The zero-order chi connectivity index (χ0) is 15.5. The second-order valence-corrected chi connectivity index (χ2v) is 5.86. The summed E-state index contributed by atoms with van der Waals surface area (Å²) in [6.45, 7) is 1.01. The van der Waals surface area contributed by atoms with Crippen LogP contribution in [0.2, 0.25) is 5.02 Å². The molecular weight excluding hydrogens is 367 g/mol. The minimum Gasteiger partial charge on any atom is -0.309 e. The standard InChI is InChI=1S/C15H12BrClF3N/c16-13-5-6-14(17)11(7-13)9-21-8-10-1-3-12(4-2-10)15(18,19)20/h1-7,21H,8-9H2. The summed E-state index contributed by atoms with van der Waals surface area (Å²) in [7, 11) is 0. The van der Waals surface area contributed by atoms with Crippen molar-refractivity contribution in [3.05, 3.63) is 68.7 Å². The van der Waals surface area contributed by atoms with Crippen LogP contribution in [0.15, 0.2) is 46.9 Å². The molecule has 0 saturated heterocycles. The van der Waals surface area contributed by atoms with Crippen molar-refractivity contribution in [3.8, 4) is 0 Å². The number of hydrogen-bond donors (Lipinski definition) is 1. The monoisotopic (exact) mass is 377 g/mol. The smallest absolute Gasteiger partial charge is 0.309 e. The highest BCUT2D eigenvalue weighted by Gasteiger charge is 2.29. The molecule has 0 aliphatic heterocycles. The number of benzene rings is 2. The lowest BCUT2D eigenvalue weighted by atomic mass is 10.1. The fourth-order valence-corrected chi connectivity index (χ4v) is 2.42. The Kier molecular flexibility index (Phi) is 5.30. The quantitative estimate of drug-likeness (QED) is 0.750. The van der Waals surface area contributed by atoms with Crippen molar-refractivity contribution >= 4 is 27.5 Å². The van der Waals surface area contributed by atoms with Gasteiger partial charge < -0.3 is 5.32 Å². The van der Waals surface area contributed by atoms with Crippen LogP contribution in [0.1, 0.15) is 16.7 Å². The molecule has 6 heteroatoms. The average Bonchev–Trinajstić information content (AvgIpc) is 2.42. The van der Waals surface area contributed by atoms with Crippen molar-refractivity contribution < 1.29 is 13.2 Å². The van der Waals surface area contributed by atoms with Gasteiger partial charge in [-0.2, -0.15) is 13.2 Å². The molecule has 0 unspecified atom stereocenters. The van der Waals surface area contributed by atoms with Gasteiger partial charge in [0.25, 0.3) is 0 Å². The molecule has 1 N–H and O–H groups in total. The first-order valence-electron chi connectivity index (χ1n) is 6.17. The van der Waals surface area contributed by atoms with E-state index >= 15 is 0 Å². The molecule has 2 aromatic carbocycles. The molecule has 0 amide bonds. The number of rotatable bonds is 4. The summed E-state index contributed by atoms with van der Waals surface area (Å²) in [5, 5.41) is 3.81. The van der Waals surface area contributed by atoms with E-state index in [4.69, 9.17) is 11.6 Å². The molecule has 0 atom stereocenters. The summed E-state index contributed by atoms with van der Waals surface area (Å²) < 4.78 is 38.3. The minimum atomic E-state index is -4.30. The summed E-state index contributed by atoms with van der Waals surface area (Å²) >= 11 is 9.43. The minimum absolute atomic E-state index is 0.473. The van der Waals surface area contributed by atoms with Gasteiger partial charge in [-0.05, 0) is 41.5 Å². The maximum absolute atomic E-state index is 12.4. The van der Waals surface area contributed by atoms with Gasteiger partial charge in [0.05, 0.1) is 5.56 Å². The van der Waals surface area contributed by atoms with Crippen molar-refractivity contribution in [2.24, 2.45) is 0 Å². The second kappa shape index (κ2) is 6.81. The molecule has 0 aromatic heterocycles. The molecule has 0 aliphatic carbocycles. The summed E-state index contributed by atoms with van der Waals surface area (Å²) in [5.74, 6) is 0. The highest BCUT2D eigenvalue weighted by atomic mass is 79.9. The molecule has 0 saturated carbocycles. The molecule has 0 bridgehead atoms. The topological polar surface area (TPSA) is 12.0 Å². The normalized spacial score (nSPS) is 11.7. The van der Waals surface area contributed by atoms with E-state index in [1.165, 1.54) is 12.1 Å². The highest BCUT2D eigenvalue weighted by molar-refractivity contribution is 9.10. The van der Waals surface area contributed by atoms with Crippen LogP contribution in [0.5, 0.6) is 0 Å². The van der Waals surface area contributed by atoms with Crippen molar-refractivity contribution in [2.45, 2.75) is 19.3 Å². The van der Waals surface area contributed by atoms with Gasteiger partial charge in [-0.1, -0.05) is 39.7 Å². The van der Waals surface area contributed by atoms with Gasteiger partial charge in [0, 0.05) is 22.6 Å². The molecule has 0 fully saturated rings. The predicted molar refractivity (Wildman–Crippen MR) is 81.1 cm³/mol. The first-order chi connectivity index (χ1) is 9.86. The lowest BCUT2D eigenvalue weighted by Gasteiger charge is -2.09. The largest absolute Gasteiger partial charge is 0.416 e. The summed E-state index contributed by atoms with van der Waals surface area (Å²) in [5.41, 5.74) is 1.08. The first-order valence-corrected chi connectivity index (χ1v) is 7.34. The van der Waals surface area contributed by atoms with Crippen LogP contribution in [-0.2, 0) is 19.3 Å². The van der Waals surface area contributed by atoms with Crippen LogP contribution in [-0.4, -0.2) is 0 Å². The van der Waals surface area contributed by atoms with E-state index in [0.717, 1.165) is 27.7 Å². The molecule has 0 spiro atoms. The van der Waals surface area contributed by atoms with E-state index in [1.807, 2.05) is 12.1 Å². The zero-order valence-electron chi connectivity index (χ0n) is 10.8. The van der Waals surface area contributed by atoms with Crippen molar-refractivity contribution in [1.82, 2.24) is 5.32 Å². The Morgan fingerprint density at radius 3 is 2.29 bits per heavy atom. The fraction of sp³-hybridized carbons (Fsp3) is 0.200. The third kappa shape index (κ3) is 4.73. The number of hydrogen-bond acceptors (Lipinski definition) is 1. The molecule has 1 nitrogen and oxygen atoms in total. The van der Waals surface area contributed by atoms with E-state index in [9.17, 15) is 13.2 Å². The lowest BCUT2D eigenvalue weighted by Crippen LogP contribution is -2.13. The van der Waals surface area contributed by atoms with Crippen LogP contribution < -0.4 is 5.32 Å². The number of alkyl halides is 3. The maximum Gasteiger partial charge on any atom is 0.416 e. The van der Waals surface area contributed by atoms with Gasteiger partial charge in [0.15, 0.2) is 0 Å². The van der Waals surface area contributed by atoms with Crippen LogP contribution >= 0.6 is 27.5 Å². The Labute approximate surface area is 134 Å². The summed E-state index contributed by atoms with van der Waals surface area (Å²) in [4.78, 5) is 0. The van der Waals surface area contributed by atoms with Gasteiger partial charge >= 0.3 is 6.18 Å². The fourth-order valence-electron chi connectivity index (χ4n) is 1.83. The highest BCUT2D eigenvalue weighted by Crippen LogP contribution is 2.29. The van der Waals surface area contributed by atoms with E-state index in [1.54, 1.807) is 6.07 Å². The number of halogens is 5. The van der Waals surface area contributed by atoms with E-state index < -0.39 is 11.7 Å². The molecule has 2 aromatic rings. The molecule has 2 rings (SSSR count). The van der Waals surface area contributed by atoms with Gasteiger partial charge in [-0.25, -0.2) is 0 Å². The average molecular weight is 379 g/mol. The third-order valence-corrected chi connectivity index (χ3v) is 3.80. The molecule has 112 valence electrons. The molecule has 0 aliphatic rings. The van der Waals surface area contributed by atoms with Crippen molar-refractivity contribution in [3.63, 3.8) is 0 Å². The van der Waals surface area contributed by atoms with Gasteiger partial charge in [-0.3, -0.25) is 0 Å². The molecule has 0 heterocycles. The zero-order valence-corrected chi connectivity index (χ0v) is 13.2. The summed E-state index contributed by atoms with van der Waals surface area (Å²) in [6.07, 6.45) is -4.30. The lowest BCUT2D eigenvalue weighted by molar-refractivity contribution is -0.137. The van der Waals surface area contributed by atoms with Gasteiger partial charge in [0.1, 0.15) is 0 Å². The Morgan fingerprint density at radius 2 is 1.67 bits per heavy atom. The molecular formula is C15H12BrClF3N. The first kappa shape index (κ1) is 16.3. The maximum atomic E-state index is 12.4.